The average molecular weight is 419 g/mol. The van der Waals surface area contributed by atoms with E-state index in [4.69, 9.17) is 0 Å². The summed E-state index contributed by atoms with van der Waals surface area (Å²) in [6.45, 7) is 2.61. The van der Waals surface area contributed by atoms with Crippen LogP contribution in [0, 0.1) is 5.41 Å². The minimum Gasteiger partial charge on any atom is -0.354 e. The summed E-state index contributed by atoms with van der Waals surface area (Å²) in [4.78, 5) is 14.3. The van der Waals surface area contributed by atoms with Gasteiger partial charge in [0, 0.05) is 50.9 Å². The zero-order valence-corrected chi connectivity index (χ0v) is 17.9. The summed E-state index contributed by atoms with van der Waals surface area (Å²) in [6.07, 6.45) is 11.0. The highest BCUT2D eigenvalue weighted by Gasteiger charge is 2.50. The highest BCUT2D eigenvalue weighted by Crippen LogP contribution is 2.49. The molecule has 1 spiro atoms. The third kappa shape index (κ3) is 3.53. The second-order valence-electron chi connectivity index (χ2n) is 9.01. The van der Waals surface area contributed by atoms with Gasteiger partial charge in [0.15, 0.2) is 0 Å². The Hall–Kier alpha value is -1.71. The first-order valence-electron chi connectivity index (χ1n) is 10.7. The van der Waals surface area contributed by atoms with Gasteiger partial charge in [-0.2, -0.15) is 17.0 Å². The van der Waals surface area contributed by atoms with Crippen LogP contribution in [0.4, 0.5) is 5.82 Å². The zero-order chi connectivity index (χ0) is 20.1. The predicted molar refractivity (Wildman–Crippen MR) is 113 cm³/mol. The Morgan fingerprint density at radius 2 is 1.93 bits per heavy atom. The topological polar surface area (TPSA) is 85.4 Å². The summed E-state index contributed by atoms with van der Waals surface area (Å²) < 4.78 is 30.3. The molecule has 29 heavy (non-hydrogen) atoms. The third-order valence-corrected chi connectivity index (χ3v) is 9.02. The van der Waals surface area contributed by atoms with E-state index in [1.807, 2.05) is 12.3 Å². The van der Waals surface area contributed by atoms with E-state index in [9.17, 15) is 8.42 Å². The Kier molecular flexibility index (Phi) is 4.79. The van der Waals surface area contributed by atoms with Crippen LogP contribution in [0.15, 0.2) is 18.6 Å². The van der Waals surface area contributed by atoms with E-state index in [0.29, 0.717) is 19.6 Å². The number of rotatable bonds is 4. The van der Waals surface area contributed by atoms with Crippen molar-refractivity contribution < 1.29 is 8.42 Å². The van der Waals surface area contributed by atoms with Crippen molar-refractivity contribution in [2.75, 3.05) is 38.1 Å². The minimum atomic E-state index is -3.45. The van der Waals surface area contributed by atoms with Gasteiger partial charge in [-0.25, -0.2) is 9.97 Å². The minimum absolute atomic E-state index is 0.0462. The number of nitrogens with zero attached hydrogens (tertiary/aromatic N) is 5. The van der Waals surface area contributed by atoms with E-state index in [2.05, 4.69) is 19.9 Å². The Morgan fingerprint density at radius 1 is 1.14 bits per heavy atom. The summed E-state index contributed by atoms with van der Waals surface area (Å²) >= 11 is 0. The number of anilines is 1. The van der Waals surface area contributed by atoms with Gasteiger partial charge in [0.1, 0.15) is 17.8 Å². The van der Waals surface area contributed by atoms with Crippen molar-refractivity contribution in [2.45, 2.75) is 51.0 Å². The quantitative estimate of drug-likeness (QED) is 0.824. The van der Waals surface area contributed by atoms with Crippen LogP contribution >= 0.6 is 0 Å². The first kappa shape index (κ1) is 19.3. The van der Waals surface area contributed by atoms with Gasteiger partial charge in [0.05, 0.1) is 5.39 Å². The van der Waals surface area contributed by atoms with Gasteiger partial charge >= 0.3 is 0 Å². The summed E-state index contributed by atoms with van der Waals surface area (Å²) in [5, 5.41) is 0.999. The second-order valence-corrected chi connectivity index (χ2v) is 11.0. The molecule has 2 aliphatic carbocycles. The number of aromatic amines is 1. The lowest BCUT2D eigenvalue weighted by Crippen LogP contribution is -2.49. The molecule has 0 atom stereocenters. The molecule has 2 saturated carbocycles. The first-order valence-corrected chi connectivity index (χ1v) is 12.1. The van der Waals surface area contributed by atoms with Crippen molar-refractivity contribution >= 4 is 27.1 Å². The smallest absolute Gasteiger partial charge is 0.282 e. The molecular weight excluding hydrogens is 388 g/mol. The van der Waals surface area contributed by atoms with E-state index in [0.717, 1.165) is 61.9 Å². The lowest BCUT2D eigenvalue weighted by Gasteiger charge is -2.34. The van der Waals surface area contributed by atoms with E-state index in [1.165, 1.54) is 6.42 Å². The molecule has 1 N–H and O–H groups in total. The molecule has 2 aromatic rings. The van der Waals surface area contributed by atoms with Crippen molar-refractivity contribution in [3.63, 3.8) is 0 Å². The first-order chi connectivity index (χ1) is 14.0. The fraction of sp³-hybridized carbons (Fsp3) is 0.700. The number of aromatic nitrogens is 3. The lowest BCUT2D eigenvalue weighted by atomic mass is 9.96. The molecule has 0 amide bonds. The molecule has 5 rings (SSSR count). The average Bonchev–Trinajstić information content (AvgIpc) is 3.38. The highest BCUT2D eigenvalue weighted by molar-refractivity contribution is 7.86. The Labute approximate surface area is 172 Å². The molecule has 0 radical (unpaired) electrons. The van der Waals surface area contributed by atoms with Crippen molar-refractivity contribution in [1.29, 1.82) is 0 Å². The van der Waals surface area contributed by atoms with Crippen molar-refractivity contribution in [3.8, 4) is 0 Å². The monoisotopic (exact) mass is 418 g/mol. The maximum Gasteiger partial charge on any atom is 0.282 e. The zero-order valence-electron chi connectivity index (χ0n) is 17.0. The molecule has 158 valence electrons. The molecule has 3 aliphatic rings. The lowest BCUT2D eigenvalue weighted by molar-refractivity contribution is 0.257. The third-order valence-electron chi connectivity index (χ3n) is 7.03. The van der Waals surface area contributed by atoms with Crippen LogP contribution in [-0.2, 0) is 10.2 Å². The molecule has 0 aromatic carbocycles. The maximum atomic E-state index is 13.5. The standard InChI is InChI=1S/C20H30N6O2S/c1-24(16-5-3-2-4-6-16)29(27,28)26-12-11-25(13-20(14-26)8-9-20)19-17-7-10-21-18(17)22-15-23-19/h7,10,15-16H,2-6,8-9,11-14H2,1H3,(H,21,22,23). The molecule has 3 fully saturated rings. The van der Waals surface area contributed by atoms with Crippen LogP contribution in [0.1, 0.15) is 44.9 Å². The Bertz CT molecular complexity index is 980. The largest absolute Gasteiger partial charge is 0.354 e. The van der Waals surface area contributed by atoms with Gasteiger partial charge in [0.25, 0.3) is 10.2 Å². The predicted octanol–water partition coefficient (Wildman–Crippen LogP) is 2.37. The molecule has 3 heterocycles. The van der Waals surface area contributed by atoms with Crippen LogP contribution in [0.2, 0.25) is 0 Å². The van der Waals surface area contributed by atoms with Gasteiger partial charge in [-0.05, 0) is 31.7 Å². The molecule has 9 heteroatoms. The number of hydrogen-bond acceptors (Lipinski definition) is 5. The van der Waals surface area contributed by atoms with Crippen molar-refractivity contribution in [1.82, 2.24) is 23.6 Å². The molecule has 1 aliphatic heterocycles. The molecule has 2 aromatic heterocycles. The Balaban J connectivity index is 1.40. The number of hydrogen-bond donors (Lipinski definition) is 1. The molecule has 8 nitrogen and oxygen atoms in total. The van der Waals surface area contributed by atoms with Gasteiger partial charge in [-0.15, -0.1) is 0 Å². The summed E-state index contributed by atoms with van der Waals surface area (Å²) in [7, 11) is -1.67. The van der Waals surface area contributed by atoms with Gasteiger partial charge in [-0.1, -0.05) is 19.3 Å². The van der Waals surface area contributed by atoms with Gasteiger partial charge in [-0.3, -0.25) is 0 Å². The van der Waals surface area contributed by atoms with E-state index < -0.39 is 10.2 Å². The maximum absolute atomic E-state index is 13.5. The number of nitrogens with one attached hydrogen (secondary N) is 1. The van der Waals surface area contributed by atoms with Crippen molar-refractivity contribution in [3.05, 3.63) is 18.6 Å². The highest BCUT2D eigenvalue weighted by atomic mass is 32.2. The summed E-state index contributed by atoms with van der Waals surface area (Å²) in [6, 6.07) is 2.14. The second kappa shape index (κ2) is 7.21. The van der Waals surface area contributed by atoms with Gasteiger partial charge < -0.3 is 9.88 Å². The van der Waals surface area contributed by atoms with Crippen molar-refractivity contribution in [2.24, 2.45) is 5.41 Å². The van der Waals surface area contributed by atoms with Gasteiger partial charge in [0.2, 0.25) is 0 Å². The van der Waals surface area contributed by atoms with Crippen LogP contribution in [0.5, 0.6) is 0 Å². The van der Waals surface area contributed by atoms with Crippen LogP contribution in [0.3, 0.4) is 0 Å². The summed E-state index contributed by atoms with van der Waals surface area (Å²) in [5.41, 5.74) is 0.871. The van der Waals surface area contributed by atoms with Crippen LogP contribution in [-0.4, -0.2) is 71.2 Å². The SMILES string of the molecule is CN(C1CCCCC1)S(=O)(=O)N1CCN(c2ncnc3[nH]ccc23)CC2(CC2)C1. The summed E-state index contributed by atoms with van der Waals surface area (Å²) in [5.74, 6) is 0.905. The van der Waals surface area contributed by atoms with Crippen LogP contribution in [0.25, 0.3) is 11.0 Å². The fourth-order valence-corrected chi connectivity index (χ4v) is 6.72. The molecule has 1 saturated heterocycles. The Morgan fingerprint density at radius 3 is 2.69 bits per heavy atom. The molecule has 0 unspecified atom stereocenters. The van der Waals surface area contributed by atoms with E-state index in [-0.39, 0.29) is 11.5 Å². The molecule has 0 bridgehead atoms. The van der Waals surface area contributed by atoms with E-state index in [1.54, 1.807) is 22.0 Å². The van der Waals surface area contributed by atoms with Crippen LogP contribution < -0.4 is 4.90 Å². The van der Waals surface area contributed by atoms with E-state index >= 15 is 0 Å². The number of fused-ring (bicyclic) bond motifs is 1. The molecular formula is C20H30N6O2S. The fourth-order valence-electron chi connectivity index (χ4n) is 5.02. The number of H-pyrrole nitrogens is 1. The normalized spacial score (nSPS) is 23.7.